The van der Waals surface area contributed by atoms with Crippen LogP contribution < -0.4 is 4.72 Å². The van der Waals surface area contributed by atoms with Gasteiger partial charge in [0.25, 0.3) is 10.0 Å². The van der Waals surface area contributed by atoms with Gasteiger partial charge in [-0.05, 0) is 27.4 Å². The van der Waals surface area contributed by atoms with E-state index in [0.29, 0.717) is 21.8 Å². The van der Waals surface area contributed by atoms with Crippen molar-refractivity contribution in [1.82, 2.24) is 9.62 Å². The summed E-state index contributed by atoms with van der Waals surface area (Å²) in [4.78, 5) is 2.19. The molecule has 1 saturated heterocycles. The number of hydrogen-bond acceptors (Lipinski definition) is 5. The zero-order valence-corrected chi connectivity index (χ0v) is 13.0. The fourth-order valence-electron chi connectivity index (χ4n) is 1.70. The van der Waals surface area contributed by atoms with Crippen molar-refractivity contribution in [1.29, 1.82) is 0 Å². The topological polar surface area (TPSA) is 58.6 Å². The Bertz CT molecular complexity index is 483. The number of nitrogens with one attached hydrogen (secondary N) is 1. The van der Waals surface area contributed by atoms with Crippen molar-refractivity contribution >= 4 is 37.3 Å². The van der Waals surface area contributed by atoms with Gasteiger partial charge in [-0.15, -0.1) is 11.3 Å². The van der Waals surface area contributed by atoms with E-state index in [4.69, 9.17) is 4.74 Å². The molecule has 1 fully saturated rings. The Labute approximate surface area is 119 Å². The van der Waals surface area contributed by atoms with Crippen molar-refractivity contribution in [2.75, 3.05) is 39.4 Å². The van der Waals surface area contributed by atoms with E-state index in [-0.39, 0.29) is 0 Å². The van der Waals surface area contributed by atoms with Crippen molar-refractivity contribution in [2.45, 2.75) is 4.21 Å². The Morgan fingerprint density at radius 3 is 2.78 bits per heavy atom. The van der Waals surface area contributed by atoms with Crippen LogP contribution in [0.25, 0.3) is 0 Å². The normalized spacial score (nSPS) is 18.1. The number of hydrogen-bond donors (Lipinski definition) is 1. The summed E-state index contributed by atoms with van der Waals surface area (Å²) < 4.78 is 32.8. The predicted octanol–water partition coefficient (Wildman–Crippen LogP) is 1.12. The van der Waals surface area contributed by atoms with Gasteiger partial charge in [-0.2, -0.15) is 0 Å². The lowest BCUT2D eigenvalue weighted by molar-refractivity contribution is 0.0390. The smallest absolute Gasteiger partial charge is 0.251 e. The lowest BCUT2D eigenvalue weighted by atomic mass is 10.4. The second-order valence-corrected chi connectivity index (χ2v) is 7.64. The fraction of sp³-hybridized carbons (Fsp3) is 0.600. The minimum Gasteiger partial charge on any atom is -0.379 e. The monoisotopic (exact) mass is 354 g/mol. The summed E-state index contributed by atoms with van der Waals surface area (Å²) in [7, 11) is -3.38. The lowest BCUT2D eigenvalue weighted by Gasteiger charge is -2.26. The number of ether oxygens (including phenoxy) is 1. The molecule has 8 heteroatoms. The maximum absolute atomic E-state index is 12.0. The van der Waals surface area contributed by atoms with Gasteiger partial charge in [-0.3, -0.25) is 4.90 Å². The summed E-state index contributed by atoms with van der Waals surface area (Å²) in [6.07, 6.45) is 0. The Morgan fingerprint density at radius 1 is 1.44 bits per heavy atom. The van der Waals surface area contributed by atoms with E-state index in [2.05, 4.69) is 25.6 Å². The van der Waals surface area contributed by atoms with Crippen LogP contribution in [0, 0.1) is 0 Å². The standard InChI is InChI=1S/C10H15BrN2O3S2/c11-9-1-8-17-10(9)18(14,15)12-2-3-13-4-6-16-7-5-13/h1,8,12H,2-7H2. The van der Waals surface area contributed by atoms with Gasteiger partial charge in [0, 0.05) is 30.7 Å². The van der Waals surface area contributed by atoms with Gasteiger partial charge in [0.05, 0.1) is 13.2 Å². The Balaban J connectivity index is 1.84. The van der Waals surface area contributed by atoms with E-state index in [1.807, 2.05) is 0 Å². The highest BCUT2D eigenvalue weighted by Crippen LogP contribution is 2.27. The molecule has 2 rings (SSSR count). The molecule has 18 heavy (non-hydrogen) atoms. The third-order valence-electron chi connectivity index (χ3n) is 2.65. The molecule has 1 aromatic heterocycles. The Hall–Kier alpha value is 0.01000. The number of sulfonamides is 1. The number of thiophene rings is 1. The van der Waals surface area contributed by atoms with E-state index < -0.39 is 10.0 Å². The molecule has 0 aliphatic carbocycles. The van der Waals surface area contributed by atoms with Crippen LogP contribution in [0.1, 0.15) is 0 Å². The molecule has 1 aliphatic heterocycles. The van der Waals surface area contributed by atoms with Crippen molar-refractivity contribution in [3.8, 4) is 0 Å². The Morgan fingerprint density at radius 2 is 2.17 bits per heavy atom. The van der Waals surface area contributed by atoms with E-state index in [9.17, 15) is 8.42 Å². The number of nitrogens with zero attached hydrogens (tertiary/aromatic N) is 1. The molecule has 1 N–H and O–H groups in total. The Kier molecular flexibility index (Phi) is 5.16. The maximum Gasteiger partial charge on any atom is 0.251 e. The highest BCUT2D eigenvalue weighted by atomic mass is 79.9. The zero-order valence-electron chi connectivity index (χ0n) is 9.76. The SMILES string of the molecule is O=S(=O)(NCCN1CCOCC1)c1sccc1Br. The number of rotatable bonds is 5. The van der Waals surface area contributed by atoms with Gasteiger partial charge in [0.1, 0.15) is 4.21 Å². The van der Waals surface area contributed by atoms with Crippen molar-refractivity contribution < 1.29 is 13.2 Å². The molecule has 5 nitrogen and oxygen atoms in total. The molecule has 0 saturated carbocycles. The van der Waals surface area contributed by atoms with E-state index in [1.54, 1.807) is 11.4 Å². The van der Waals surface area contributed by atoms with Gasteiger partial charge in [0.2, 0.25) is 0 Å². The summed E-state index contributed by atoms with van der Waals surface area (Å²) in [6, 6.07) is 1.74. The van der Waals surface area contributed by atoms with Crippen LogP contribution in [0.4, 0.5) is 0 Å². The highest BCUT2D eigenvalue weighted by molar-refractivity contribution is 9.10. The summed E-state index contributed by atoms with van der Waals surface area (Å²) >= 11 is 4.45. The first-order valence-corrected chi connectivity index (χ1v) is 8.78. The number of halogens is 1. The molecule has 0 spiro atoms. The second kappa shape index (κ2) is 6.44. The third kappa shape index (κ3) is 3.75. The van der Waals surface area contributed by atoms with Crippen molar-refractivity contribution in [2.24, 2.45) is 0 Å². The minimum absolute atomic E-state index is 0.337. The molecule has 1 aromatic rings. The molecule has 0 amide bonds. The number of morpholine rings is 1. The van der Waals surface area contributed by atoms with Crippen molar-refractivity contribution in [3.63, 3.8) is 0 Å². The van der Waals surface area contributed by atoms with E-state index in [0.717, 1.165) is 26.3 Å². The molecular weight excluding hydrogens is 340 g/mol. The molecule has 2 heterocycles. The molecule has 102 valence electrons. The predicted molar refractivity (Wildman–Crippen MR) is 74.5 cm³/mol. The summed E-state index contributed by atoms with van der Waals surface area (Å²) in [6.45, 7) is 4.32. The van der Waals surface area contributed by atoms with Crippen LogP contribution in [-0.2, 0) is 14.8 Å². The quantitative estimate of drug-likeness (QED) is 0.860. The first kappa shape index (κ1) is 14.4. The van der Waals surface area contributed by atoms with Gasteiger partial charge in [-0.25, -0.2) is 13.1 Å². The van der Waals surface area contributed by atoms with Crippen LogP contribution in [0.3, 0.4) is 0 Å². The van der Waals surface area contributed by atoms with Crippen molar-refractivity contribution in [3.05, 3.63) is 15.9 Å². The summed E-state index contributed by atoms with van der Waals surface area (Å²) in [5.41, 5.74) is 0. The van der Waals surface area contributed by atoms with E-state index in [1.165, 1.54) is 11.3 Å². The van der Waals surface area contributed by atoms with E-state index >= 15 is 0 Å². The molecule has 0 atom stereocenters. The van der Waals surface area contributed by atoms with Crippen LogP contribution in [0.15, 0.2) is 20.1 Å². The van der Waals surface area contributed by atoms with Crippen LogP contribution in [-0.4, -0.2) is 52.7 Å². The van der Waals surface area contributed by atoms with Gasteiger partial charge in [-0.1, -0.05) is 0 Å². The maximum atomic E-state index is 12.0. The molecular formula is C10H15BrN2O3S2. The molecule has 1 aliphatic rings. The first-order valence-electron chi connectivity index (χ1n) is 5.62. The zero-order chi connectivity index (χ0) is 13.0. The molecule has 0 bridgehead atoms. The largest absolute Gasteiger partial charge is 0.379 e. The molecule has 0 radical (unpaired) electrons. The minimum atomic E-state index is -3.38. The third-order valence-corrected chi connectivity index (χ3v) is 6.78. The van der Waals surface area contributed by atoms with Crippen LogP contribution in [0.2, 0.25) is 0 Å². The molecule has 0 unspecified atom stereocenters. The summed E-state index contributed by atoms with van der Waals surface area (Å²) in [5.74, 6) is 0. The summed E-state index contributed by atoms with van der Waals surface area (Å²) in [5, 5.41) is 1.75. The van der Waals surface area contributed by atoms with Gasteiger partial charge >= 0.3 is 0 Å². The first-order chi connectivity index (χ1) is 8.59. The molecule has 0 aromatic carbocycles. The van der Waals surface area contributed by atoms with Crippen LogP contribution in [0.5, 0.6) is 0 Å². The van der Waals surface area contributed by atoms with Gasteiger partial charge in [0.15, 0.2) is 0 Å². The lowest BCUT2D eigenvalue weighted by Crippen LogP contribution is -2.41. The average Bonchev–Trinajstić information content (AvgIpc) is 2.77. The second-order valence-electron chi connectivity index (χ2n) is 3.91. The van der Waals surface area contributed by atoms with Crippen LogP contribution >= 0.6 is 27.3 Å². The van der Waals surface area contributed by atoms with Gasteiger partial charge < -0.3 is 4.74 Å². The highest BCUT2D eigenvalue weighted by Gasteiger charge is 2.19. The fourth-order valence-corrected chi connectivity index (χ4v) is 5.10. The average molecular weight is 355 g/mol.